The summed E-state index contributed by atoms with van der Waals surface area (Å²) < 4.78 is 0. The highest BCUT2D eigenvalue weighted by atomic mass is 15.2. The van der Waals surface area contributed by atoms with E-state index in [0.717, 1.165) is 24.4 Å². The van der Waals surface area contributed by atoms with E-state index in [2.05, 4.69) is 32.7 Å². The smallest absolute Gasteiger partial charge is 0.0220 e. The van der Waals surface area contributed by atoms with E-state index in [4.69, 9.17) is 5.73 Å². The SMILES string of the molecule is CC(C)CC(CN)N(C)C1CCC(C)CC1. The Kier molecular flexibility index (Phi) is 5.77. The van der Waals surface area contributed by atoms with Crippen molar-refractivity contribution in [2.24, 2.45) is 17.6 Å². The number of hydrogen-bond acceptors (Lipinski definition) is 2. The lowest BCUT2D eigenvalue weighted by Gasteiger charge is -2.38. The molecule has 0 aliphatic heterocycles. The summed E-state index contributed by atoms with van der Waals surface area (Å²) in [6, 6.07) is 1.36. The maximum Gasteiger partial charge on any atom is 0.0220 e. The third-order valence-corrected chi connectivity index (χ3v) is 4.15. The molecule has 1 rings (SSSR count). The highest BCUT2D eigenvalue weighted by molar-refractivity contribution is 4.82. The summed E-state index contributed by atoms with van der Waals surface area (Å²) in [5.74, 6) is 1.68. The Hall–Kier alpha value is -0.0800. The highest BCUT2D eigenvalue weighted by Crippen LogP contribution is 2.28. The third-order valence-electron chi connectivity index (χ3n) is 4.15. The van der Waals surface area contributed by atoms with Crippen molar-refractivity contribution in [2.75, 3.05) is 13.6 Å². The quantitative estimate of drug-likeness (QED) is 0.781. The number of hydrogen-bond donors (Lipinski definition) is 1. The Morgan fingerprint density at radius 1 is 1.19 bits per heavy atom. The molecule has 1 aliphatic carbocycles. The molecule has 1 fully saturated rings. The van der Waals surface area contributed by atoms with E-state index in [0.29, 0.717) is 6.04 Å². The van der Waals surface area contributed by atoms with E-state index < -0.39 is 0 Å². The molecule has 1 saturated carbocycles. The summed E-state index contributed by atoms with van der Waals surface area (Å²) in [6.45, 7) is 7.77. The van der Waals surface area contributed by atoms with E-state index in [1.54, 1.807) is 0 Å². The zero-order valence-electron chi connectivity index (χ0n) is 11.6. The van der Waals surface area contributed by atoms with Gasteiger partial charge < -0.3 is 5.73 Å². The summed E-state index contributed by atoms with van der Waals surface area (Å²) in [5.41, 5.74) is 5.91. The Morgan fingerprint density at radius 3 is 2.19 bits per heavy atom. The van der Waals surface area contributed by atoms with E-state index in [1.807, 2.05) is 0 Å². The third kappa shape index (κ3) is 4.06. The van der Waals surface area contributed by atoms with Gasteiger partial charge in [0.2, 0.25) is 0 Å². The molecular weight excluding hydrogens is 196 g/mol. The Balaban J connectivity index is 2.44. The standard InChI is InChI=1S/C14H30N2/c1-11(2)9-14(10-15)16(4)13-7-5-12(3)6-8-13/h11-14H,5-10,15H2,1-4H3. The first kappa shape index (κ1) is 14.0. The van der Waals surface area contributed by atoms with Crippen LogP contribution in [0.1, 0.15) is 52.9 Å². The van der Waals surface area contributed by atoms with Gasteiger partial charge >= 0.3 is 0 Å². The molecule has 0 amide bonds. The molecule has 1 unspecified atom stereocenters. The maximum absolute atomic E-state index is 5.91. The molecule has 1 atom stereocenters. The Labute approximate surface area is 102 Å². The predicted octanol–water partition coefficient (Wildman–Crippen LogP) is 2.87. The Morgan fingerprint density at radius 2 is 1.75 bits per heavy atom. The maximum atomic E-state index is 5.91. The minimum absolute atomic E-state index is 0.582. The lowest BCUT2D eigenvalue weighted by Crippen LogP contribution is -2.46. The molecule has 0 aromatic rings. The van der Waals surface area contributed by atoms with Crippen molar-refractivity contribution in [3.05, 3.63) is 0 Å². The van der Waals surface area contributed by atoms with Crippen LogP contribution in [0.3, 0.4) is 0 Å². The van der Waals surface area contributed by atoms with E-state index in [9.17, 15) is 0 Å². The van der Waals surface area contributed by atoms with Gasteiger partial charge in [0.05, 0.1) is 0 Å². The molecule has 2 heteroatoms. The van der Waals surface area contributed by atoms with Crippen LogP contribution in [0.5, 0.6) is 0 Å². The van der Waals surface area contributed by atoms with Crippen LogP contribution in [-0.2, 0) is 0 Å². The summed E-state index contributed by atoms with van der Waals surface area (Å²) in [5, 5.41) is 0. The van der Waals surface area contributed by atoms with Gasteiger partial charge in [-0.05, 0) is 51.0 Å². The molecule has 0 aromatic heterocycles. The van der Waals surface area contributed by atoms with Crippen molar-refractivity contribution in [1.82, 2.24) is 4.90 Å². The van der Waals surface area contributed by atoms with Gasteiger partial charge in [-0.15, -0.1) is 0 Å². The molecule has 2 N–H and O–H groups in total. The lowest BCUT2D eigenvalue weighted by atomic mass is 9.86. The molecule has 0 heterocycles. The summed E-state index contributed by atoms with van der Waals surface area (Å²) in [4.78, 5) is 2.56. The summed E-state index contributed by atoms with van der Waals surface area (Å²) >= 11 is 0. The normalized spacial score (nSPS) is 28.7. The van der Waals surface area contributed by atoms with Crippen LogP contribution >= 0.6 is 0 Å². The fourth-order valence-corrected chi connectivity index (χ4v) is 2.92. The number of nitrogens with two attached hydrogens (primary N) is 1. The van der Waals surface area contributed by atoms with Crippen LogP contribution in [-0.4, -0.2) is 30.6 Å². The molecule has 0 spiro atoms. The van der Waals surface area contributed by atoms with Crippen molar-refractivity contribution >= 4 is 0 Å². The molecule has 2 nitrogen and oxygen atoms in total. The van der Waals surface area contributed by atoms with Gasteiger partial charge in [0.1, 0.15) is 0 Å². The highest BCUT2D eigenvalue weighted by Gasteiger charge is 2.26. The number of likely N-dealkylation sites (N-methyl/N-ethyl adjacent to an activating group) is 1. The summed E-state index contributed by atoms with van der Waals surface area (Å²) in [6.07, 6.45) is 6.76. The van der Waals surface area contributed by atoms with Crippen molar-refractivity contribution in [2.45, 2.75) is 65.0 Å². The average molecular weight is 226 g/mol. The second-order valence-electron chi connectivity index (χ2n) is 6.10. The van der Waals surface area contributed by atoms with Gasteiger partial charge in [-0.25, -0.2) is 0 Å². The van der Waals surface area contributed by atoms with Gasteiger partial charge in [-0.3, -0.25) is 4.90 Å². The fourth-order valence-electron chi connectivity index (χ4n) is 2.92. The second-order valence-corrected chi connectivity index (χ2v) is 6.10. The van der Waals surface area contributed by atoms with Gasteiger partial charge in [-0.2, -0.15) is 0 Å². The molecule has 0 radical (unpaired) electrons. The van der Waals surface area contributed by atoms with Crippen LogP contribution in [0.15, 0.2) is 0 Å². The van der Waals surface area contributed by atoms with Crippen molar-refractivity contribution in [3.63, 3.8) is 0 Å². The van der Waals surface area contributed by atoms with E-state index in [-0.39, 0.29) is 0 Å². The topological polar surface area (TPSA) is 29.3 Å². The van der Waals surface area contributed by atoms with Gasteiger partial charge in [-0.1, -0.05) is 20.8 Å². The fraction of sp³-hybridized carbons (Fsp3) is 1.00. The first-order valence-electron chi connectivity index (χ1n) is 6.96. The zero-order valence-corrected chi connectivity index (χ0v) is 11.6. The second kappa shape index (κ2) is 6.61. The predicted molar refractivity (Wildman–Crippen MR) is 71.5 cm³/mol. The van der Waals surface area contributed by atoms with Gasteiger partial charge in [0.15, 0.2) is 0 Å². The van der Waals surface area contributed by atoms with E-state index in [1.165, 1.54) is 32.1 Å². The molecular formula is C14H30N2. The average Bonchev–Trinajstić information content (AvgIpc) is 2.25. The van der Waals surface area contributed by atoms with Gasteiger partial charge in [0, 0.05) is 18.6 Å². The van der Waals surface area contributed by atoms with Crippen molar-refractivity contribution in [1.29, 1.82) is 0 Å². The first-order chi connectivity index (χ1) is 7.54. The number of nitrogens with zero attached hydrogens (tertiary/aromatic N) is 1. The van der Waals surface area contributed by atoms with Crippen LogP contribution < -0.4 is 5.73 Å². The van der Waals surface area contributed by atoms with Gasteiger partial charge in [0.25, 0.3) is 0 Å². The van der Waals surface area contributed by atoms with Crippen LogP contribution in [0, 0.1) is 11.8 Å². The first-order valence-corrected chi connectivity index (χ1v) is 6.96. The zero-order chi connectivity index (χ0) is 12.1. The molecule has 0 aromatic carbocycles. The van der Waals surface area contributed by atoms with Crippen LogP contribution in [0.2, 0.25) is 0 Å². The molecule has 0 bridgehead atoms. The lowest BCUT2D eigenvalue weighted by molar-refractivity contribution is 0.114. The van der Waals surface area contributed by atoms with Crippen molar-refractivity contribution < 1.29 is 0 Å². The van der Waals surface area contributed by atoms with Crippen LogP contribution in [0.25, 0.3) is 0 Å². The minimum Gasteiger partial charge on any atom is -0.329 e. The minimum atomic E-state index is 0.582. The van der Waals surface area contributed by atoms with Crippen LogP contribution in [0.4, 0.5) is 0 Å². The molecule has 1 aliphatic rings. The van der Waals surface area contributed by atoms with E-state index >= 15 is 0 Å². The molecule has 96 valence electrons. The Bertz CT molecular complexity index is 183. The monoisotopic (exact) mass is 226 g/mol. The van der Waals surface area contributed by atoms with Crippen molar-refractivity contribution in [3.8, 4) is 0 Å². The number of rotatable bonds is 5. The molecule has 16 heavy (non-hydrogen) atoms. The molecule has 0 saturated heterocycles. The summed E-state index contributed by atoms with van der Waals surface area (Å²) in [7, 11) is 2.28. The largest absolute Gasteiger partial charge is 0.329 e.